The van der Waals surface area contributed by atoms with Crippen molar-refractivity contribution < 1.29 is 18.8 Å². The maximum atomic E-state index is 13.0. The van der Waals surface area contributed by atoms with Gasteiger partial charge in [0.2, 0.25) is 11.6 Å². The monoisotopic (exact) mass is 356 g/mol. The van der Waals surface area contributed by atoms with E-state index in [2.05, 4.69) is 0 Å². The van der Waals surface area contributed by atoms with Gasteiger partial charge in [-0.05, 0) is 16.2 Å². The molecule has 0 N–H and O–H groups in total. The molecule has 1 heterocycles. The molecule has 0 saturated carbocycles. The van der Waals surface area contributed by atoms with Gasteiger partial charge in [0.1, 0.15) is 11.2 Å². The van der Waals surface area contributed by atoms with Crippen LogP contribution in [-0.4, -0.2) is 17.3 Å². The van der Waals surface area contributed by atoms with Crippen LogP contribution in [-0.2, 0) is 16.0 Å². The zero-order valence-electron chi connectivity index (χ0n) is 17.0. The van der Waals surface area contributed by atoms with Crippen LogP contribution < -0.4 is 10.6 Å². The lowest BCUT2D eigenvalue weighted by atomic mass is 9.71. The topological polar surface area (TPSA) is 64.3 Å². The number of fused-ring (bicyclic) bond motifs is 3. The quantitative estimate of drug-likeness (QED) is 0.671. The number of Topliss-reactive ketones (excluding diaryl/α,β-unsaturated/α-hetero) is 3. The molecule has 0 atom stereocenters. The Morgan fingerprint density at radius 1 is 0.808 bits per heavy atom. The summed E-state index contributed by atoms with van der Waals surface area (Å²) in [6.45, 7) is 15.5. The molecule has 4 nitrogen and oxygen atoms in total. The Bertz CT molecular complexity index is 969. The van der Waals surface area contributed by atoms with Gasteiger partial charge in [-0.3, -0.25) is 14.4 Å². The second kappa shape index (κ2) is 5.28. The molecule has 4 heteroatoms. The van der Waals surface area contributed by atoms with E-state index in [1.807, 2.05) is 55.4 Å². The Labute approximate surface area is 154 Å². The summed E-state index contributed by atoms with van der Waals surface area (Å²) in [5, 5.41) is 0.572. The highest BCUT2D eigenvalue weighted by atomic mass is 16.3. The number of hydrogen-bond donors (Lipinski definition) is 0. The van der Waals surface area contributed by atoms with Gasteiger partial charge in [0.05, 0.1) is 11.1 Å². The molecule has 0 radical (unpaired) electrons. The fourth-order valence-electron chi connectivity index (χ4n) is 4.17. The Kier molecular flexibility index (Phi) is 3.82. The molecule has 0 fully saturated rings. The van der Waals surface area contributed by atoms with E-state index in [9.17, 15) is 14.4 Å². The van der Waals surface area contributed by atoms with E-state index in [1.165, 1.54) is 0 Å². The van der Waals surface area contributed by atoms with Crippen LogP contribution in [0.25, 0.3) is 11.1 Å². The van der Waals surface area contributed by atoms with Crippen LogP contribution in [0.15, 0.2) is 4.42 Å². The van der Waals surface area contributed by atoms with E-state index in [-0.39, 0.29) is 11.2 Å². The minimum Gasteiger partial charge on any atom is -0.460 e. The molecular weight excluding hydrogens is 328 g/mol. The van der Waals surface area contributed by atoms with Gasteiger partial charge in [-0.15, -0.1) is 0 Å². The van der Waals surface area contributed by atoms with Gasteiger partial charge in [-0.1, -0.05) is 55.4 Å². The third-order valence-electron chi connectivity index (χ3n) is 5.18. The van der Waals surface area contributed by atoms with Gasteiger partial charge in [0.15, 0.2) is 5.78 Å². The first-order valence-electron chi connectivity index (χ1n) is 9.18. The van der Waals surface area contributed by atoms with Crippen molar-refractivity contribution in [3.63, 3.8) is 0 Å². The normalized spacial score (nSPS) is 20.4. The van der Waals surface area contributed by atoms with Crippen molar-refractivity contribution in [1.82, 2.24) is 0 Å². The third-order valence-corrected chi connectivity index (χ3v) is 5.18. The number of rotatable bonds is 0. The average Bonchev–Trinajstić information content (AvgIpc) is 2.72. The van der Waals surface area contributed by atoms with E-state index in [0.717, 1.165) is 0 Å². The minimum atomic E-state index is -0.560. The molecule has 3 rings (SSSR count). The van der Waals surface area contributed by atoms with Crippen molar-refractivity contribution in [2.45, 2.75) is 68.2 Å². The lowest BCUT2D eigenvalue weighted by molar-refractivity contribution is -0.130. The van der Waals surface area contributed by atoms with E-state index in [4.69, 9.17) is 4.42 Å². The van der Waals surface area contributed by atoms with Crippen molar-refractivity contribution in [3.8, 4) is 0 Å². The summed E-state index contributed by atoms with van der Waals surface area (Å²) in [7, 11) is 0. The highest BCUT2D eigenvalue weighted by Crippen LogP contribution is 2.37. The first-order chi connectivity index (χ1) is 11.6. The van der Waals surface area contributed by atoms with Gasteiger partial charge in [-0.2, -0.15) is 0 Å². The Morgan fingerprint density at radius 2 is 1.31 bits per heavy atom. The van der Waals surface area contributed by atoms with Gasteiger partial charge < -0.3 is 4.42 Å². The average molecular weight is 356 g/mol. The zero-order chi connectivity index (χ0) is 19.8. The highest BCUT2D eigenvalue weighted by molar-refractivity contribution is 6.63. The molecular formula is C22H28O4. The summed E-state index contributed by atoms with van der Waals surface area (Å²) < 4.78 is 6.17. The van der Waals surface area contributed by atoms with Crippen LogP contribution in [0.4, 0.5) is 0 Å². The molecule has 140 valence electrons. The second-order valence-electron chi connectivity index (χ2n) is 10.5. The molecule has 26 heavy (non-hydrogen) atoms. The van der Waals surface area contributed by atoms with Crippen LogP contribution >= 0.6 is 0 Å². The molecule has 0 saturated heterocycles. The molecule has 0 spiro atoms. The Hall–Kier alpha value is -1.97. The molecule has 0 unspecified atom stereocenters. The van der Waals surface area contributed by atoms with E-state index >= 15 is 0 Å². The number of carbonyl (C=O) groups is 3. The smallest absolute Gasteiger partial charge is 0.233 e. The predicted molar refractivity (Wildman–Crippen MR) is 100 cm³/mol. The van der Waals surface area contributed by atoms with Crippen molar-refractivity contribution in [1.29, 1.82) is 0 Å². The summed E-state index contributed by atoms with van der Waals surface area (Å²) in [6, 6.07) is 0. The van der Waals surface area contributed by atoms with Crippen LogP contribution in [0.5, 0.6) is 0 Å². The SMILES string of the molecule is CC1(C)CC(=O)c2c(oc3c2=C(C(C)(C)C)C(=O)C(=O)C=3C(C)(C)C)C1. The highest BCUT2D eigenvalue weighted by Gasteiger charge is 2.44. The Balaban J connectivity index is 2.61. The molecule has 0 amide bonds. The molecule has 2 aliphatic rings. The predicted octanol–water partition coefficient (Wildman–Crippen LogP) is 2.98. The van der Waals surface area contributed by atoms with Crippen molar-refractivity contribution in [3.05, 3.63) is 22.0 Å². The summed E-state index contributed by atoms with van der Waals surface area (Å²) >= 11 is 0. The maximum Gasteiger partial charge on any atom is 0.233 e. The van der Waals surface area contributed by atoms with Gasteiger partial charge in [-0.25, -0.2) is 0 Å². The first kappa shape index (κ1) is 18.8. The van der Waals surface area contributed by atoms with Gasteiger partial charge in [0, 0.05) is 23.6 Å². The number of hydrogen-bond acceptors (Lipinski definition) is 4. The fourth-order valence-corrected chi connectivity index (χ4v) is 4.17. The molecule has 0 aliphatic heterocycles. The molecule has 1 aromatic rings. The largest absolute Gasteiger partial charge is 0.460 e. The molecule has 0 aromatic carbocycles. The minimum absolute atomic E-state index is 0.00147. The summed E-state index contributed by atoms with van der Waals surface area (Å²) in [5.41, 5.74) is 0.436. The third kappa shape index (κ3) is 2.70. The van der Waals surface area contributed by atoms with Crippen LogP contribution in [0.3, 0.4) is 0 Å². The van der Waals surface area contributed by atoms with Gasteiger partial charge >= 0.3 is 0 Å². The van der Waals surface area contributed by atoms with Crippen LogP contribution in [0, 0.1) is 16.2 Å². The maximum absolute atomic E-state index is 13.0. The first-order valence-corrected chi connectivity index (χ1v) is 9.18. The van der Waals surface area contributed by atoms with Crippen molar-refractivity contribution in [2.24, 2.45) is 16.2 Å². The summed E-state index contributed by atoms with van der Waals surface area (Å²) in [4.78, 5) is 39.0. The zero-order valence-corrected chi connectivity index (χ0v) is 17.0. The second-order valence-corrected chi connectivity index (χ2v) is 10.5. The summed E-state index contributed by atoms with van der Waals surface area (Å²) in [6.07, 6.45) is 1.04. The Morgan fingerprint density at radius 3 is 1.81 bits per heavy atom. The van der Waals surface area contributed by atoms with Crippen molar-refractivity contribution in [2.75, 3.05) is 0 Å². The number of carbonyl (C=O) groups excluding carboxylic acids is 3. The van der Waals surface area contributed by atoms with Gasteiger partial charge in [0.25, 0.3) is 0 Å². The van der Waals surface area contributed by atoms with Crippen LogP contribution in [0.2, 0.25) is 0 Å². The molecule has 1 aromatic heterocycles. The van der Waals surface area contributed by atoms with E-state index < -0.39 is 22.4 Å². The molecule has 0 bridgehead atoms. The number of furan rings is 1. The standard InChI is InChI=1S/C22H28O4/c1-20(2,3)15-14-13-11(23)9-22(7,8)10-12(13)26-19(14)16(21(4,5)6)18(25)17(15)24/h9-10H2,1-8H3. The lowest BCUT2D eigenvalue weighted by Crippen LogP contribution is -2.47. The fraction of sp³-hybridized carbons (Fsp3) is 0.591. The van der Waals surface area contributed by atoms with Crippen LogP contribution in [0.1, 0.15) is 77.9 Å². The summed E-state index contributed by atoms with van der Waals surface area (Å²) in [5.74, 6) is -0.399. The number of ketones is 3. The lowest BCUT2D eigenvalue weighted by Gasteiger charge is -2.29. The molecule has 2 aliphatic carbocycles. The van der Waals surface area contributed by atoms with E-state index in [0.29, 0.717) is 45.9 Å². The van der Waals surface area contributed by atoms with E-state index in [1.54, 1.807) is 0 Å². The van der Waals surface area contributed by atoms with Crippen molar-refractivity contribution >= 4 is 28.5 Å².